The van der Waals surface area contributed by atoms with Crippen LogP contribution in [0.4, 0.5) is 0 Å². The van der Waals surface area contributed by atoms with E-state index >= 15 is 0 Å². The minimum Gasteiger partial charge on any atom is -0.396 e. The van der Waals surface area contributed by atoms with Gasteiger partial charge in [0.25, 0.3) is 0 Å². The number of hydrogen-bond donors (Lipinski definition) is 4. The van der Waals surface area contributed by atoms with Gasteiger partial charge in [0.2, 0.25) is 0 Å². The number of carbonyl (C=O) groups excluding carboxylic acids is 2. The molecule has 59 heavy (non-hydrogen) atoms. The topological polar surface area (TPSA) is 115 Å². The number of carbonyl (C=O) groups is 2. The van der Waals surface area contributed by atoms with Gasteiger partial charge in [0, 0.05) is 59.6 Å². The summed E-state index contributed by atoms with van der Waals surface area (Å²) in [7, 11) is 0. The van der Waals surface area contributed by atoms with Crippen molar-refractivity contribution in [1.82, 2.24) is 0 Å². The molecule has 0 aliphatic rings. The molecule has 0 aromatic heterocycles. The van der Waals surface area contributed by atoms with E-state index < -0.39 is 0 Å². The molecule has 0 aromatic carbocycles. The van der Waals surface area contributed by atoms with Crippen molar-refractivity contribution in [2.24, 2.45) is 11.8 Å². The average molecular weight is 877 g/mol. The van der Waals surface area contributed by atoms with Gasteiger partial charge in [0.15, 0.2) is 0 Å². The van der Waals surface area contributed by atoms with Crippen LogP contribution < -0.4 is 0 Å². The molecule has 0 spiro atoms. The summed E-state index contributed by atoms with van der Waals surface area (Å²) in [4.78, 5) is 22.1. The molecule has 0 radical (unpaired) electrons. The van der Waals surface area contributed by atoms with Gasteiger partial charge in [-0.25, -0.2) is 0 Å². The fourth-order valence-electron chi connectivity index (χ4n) is 7.14. The molecule has 6 nitrogen and oxygen atoms in total. The SMILES string of the molecule is CCCC(=O)C(CC)CO.CCCC(=O)C(CC)CO.CCCCCCCCCCCCCCCCCCO.CCCCCCCCCCCCCCCCCCO.[Ti]. The molecule has 0 rings (SSSR count). The van der Waals surface area contributed by atoms with Crippen molar-refractivity contribution in [3.63, 3.8) is 0 Å². The molecular weight excluding hydrogens is 768 g/mol. The van der Waals surface area contributed by atoms with E-state index in [0.29, 0.717) is 26.1 Å². The van der Waals surface area contributed by atoms with E-state index in [1.54, 1.807) is 0 Å². The zero-order chi connectivity index (χ0) is 44.0. The fourth-order valence-corrected chi connectivity index (χ4v) is 7.14. The largest absolute Gasteiger partial charge is 0.396 e. The van der Waals surface area contributed by atoms with Crippen molar-refractivity contribution in [3.05, 3.63) is 0 Å². The molecule has 4 N–H and O–H groups in total. The maximum absolute atomic E-state index is 11.0. The van der Waals surface area contributed by atoms with Crippen LogP contribution in [0.15, 0.2) is 0 Å². The van der Waals surface area contributed by atoms with E-state index in [0.717, 1.165) is 38.5 Å². The molecule has 2 atom stereocenters. The van der Waals surface area contributed by atoms with Crippen LogP contribution in [-0.4, -0.2) is 58.4 Å². The van der Waals surface area contributed by atoms with Crippen LogP contribution in [0.25, 0.3) is 0 Å². The Kier molecular flexibility index (Phi) is 74.3. The predicted octanol–water partition coefficient (Wildman–Crippen LogP) is 15.2. The van der Waals surface area contributed by atoms with Crippen LogP contribution in [0.2, 0.25) is 0 Å². The number of hydrogen-bond acceptors (Lipinski definition) is 6. The van der Waals surface area contributed by atoms with Crippen molar-refractivity contribution in [1.29, 1.82) is 0 Å². The number of aliphatic hydroxyl groups excluding tert-OH is 4. The first kappa shape index (κ1) is 68.0. The summed E-state index contributed by atoms with van der Waals surface area (Å²) in [6.45, 7) is 13.1. The molecule has 0 bridgehead atoms. The number of Topliss-reactive ketones (excluding diaryl/α,β-unsaturated/α-hetero) is 2. The molecule has 356 valence electrons. The van der Waals surface area contributed by atoms with Gasteiger partial charge in [-0.15, -0.1) is 0 Å². The molecule has 0 amide bonds. The Morgan fingerprint density at radius 2 is 0.492 bits per heavy atom. The van der Waals surface area contributed by atoms with E-state index in [4.69, 9.17) is 20.4 Å². The second kappa shape index (κ2) is 64.5. The quantitative estimate of drug-likeness (QED) is 0.0359. The first-order chi connectivity index (χ1) is 28.3. The summed E-state index contributed by atoms with van der Waals surface area (Å²) >= 11 is 0. The molecule has 0 saturated carbocycles. The van der Waals surface area contributed by atoms with Crippen LogP contribution in [-0.2, 0) is 31.3 Å². The molecule has 0 aliphatic heterocycles. The monoisotopic (exact) mass is 877 g/mol. The molecule has 0 fully saturated rings. The smallest absolute Gasteiger partial charge is 0.138 e. The van der Waals surface area contributed by atoms with Gasteiger partial charge in [-0.3, -0.25) is 9.59 Å². The maximum atomic E-state index is 11.0. The summed E-state index contributed by atoms with van der Waals surface area (Å²) in [6.07, 6.45) is 48.9. The first-order valence-electron chi connectivity index (χ1n) is 25.8. The standard InChI is InChI=1S/2C18H38O.2C8H16O2.Ti/c2*1-2-3-4-5-6-7-8-9-10-11-12-13-14-15-16-17-18-19;2*1-3-5-8(10)7(4-2)6-9;/h2*19H,2-18H2,1H3;2*7,9H,3-6H2,1-2H3;. The van der Waals surface area contributed by atoms with Crippen molar-refractivity contribution >= 4 is 11.6 Å². The molecule has 0 saturated heterocycles. The van der Waals surface area contributed by atoms with Crippen molar-refractivity contribution in [2.75, 3.05) is 26.4 Å². The van der Waals surface area contributed by atoms with E-state index in [-0.39, 0.29) is 58.3 Å². The Labute approximate surface area is 385 Å². The van der Waals surface area contributed by atoms with E-state index in [1.807, 2.05) is 27.7 Å². The summed E-state index contributed by atoms with van der Waals surface area (Å²) in [5, 5.41) is 34.7. The number of ketones is 2. The van der Waals surface area contributed by atoms with Crippen LogP contribution in [0.1, 0.15) is 286 Å². The van der Waals surface area contributed by atoms with Gasteiger partial charge in [-0.2, -0.15) is 0 Å². The second-order valence-electron chi connectivity index (χ2n) is 17.1. The zero-order valence-corrected chi connectivity index (χ0v) is 42.5. The number of aliphatic hydroxyl groups is 4. The maximum Gasteiger partial charge on any atom is 0.138 e. The molecule has 0 aromatic rings. The number of rotatable bonds is 42. The Morgan fingerprint density at radius 1 is 0.305 bits per heavy atom. The van der Waals surface area contributed by atoms with Crippen LogP contribution >= 0.6 is 0 Å². The Hall–Kier alpha value is -0.106. The van der Waals surface area contributed by atoms with E-state index in [1.165, 1.54) is 193 Å². The molecule has 0 aliphatic carbocycles. The first-order valence-corrected chi connectivity index (χ1v) is 25.8. The van der Waals surface area contributed by atoms with Crippen molar-refractivity contribution < 1.29 is 51.7 Å². The van der Waals surface area contributed by atoms with Gasteiger partial charge in [0.05, 0.1) is 13.2 Å². The van der Waals surface area contributed by atoms with Crippen molar-refractivity contribution in [3.8, 4) is 0 Å². The minimum absolute atomic E-state index is 0. The van der Waals surface area contributed by atoms with Crippen molar-refractivity contribution in [2.45, 2.75) is 286 Å². The zero-order valence-electron chi connectivity index (χ0n) is 41.0. The second-order valence-corrected chi connectivity index (χ2v) is 17.1. The van der Waals surface area contributed by atoms with E-state index in [9.17, 15) is 9.59 Å². The molecule has 7 heteroatoms. The Balaban J connectivity index is -0.000000228. The van der Waals surface area contributed by atoms with Gasteiger partial charge >= 0.3 is 0 Å². The Morgan fingerprint density at radius 3 is 0.627 bits per heavy atom. The molecule has 2 unspecified atom stereocenters. The third-order valence-corrected chi connectivity index (χ3v) is 11.4. The van der Waals surface area contributed by atoms with Crippen LogP contribution in [0, 0.1) is 11.8 Å². The average Bonchev–Trinajstić information content (AvgIpc) is 3.23. The minimum atomic E-state index is -0.111. The summed E-state index contributed by atoms with van der Waals surface area (Å²) in [5.74, 6) is 0.180. The normalized spacial score (nSPS) is 11.6. The van der Waals surface area contributed by atoms with Gasteiger partial charge in [0.1, 0.15) is 11.6 Å². The van der Waals surface area contributed by atoms with Gasteiger partial charge < -0.3 is 20.4 Å². The third-order valence-electron chi connectivity index (χ3n) is 11.4. The molecule has 0 heterocycles. The van der Waals surface area contributed by atoms with Gasteiger partial charge in [-0.05, 0) is 38.5 Å². The summed E-state index contributed by atoms with van der Waals surface area (Å²) < 4.78 is 0. The van der Waals surface area contributed by atoms with E-state index in [2.05, 4.69) is 13.8 Å². The predicted molar refractivity (Wildman–Crippen MR) is 255 cm³/mol. The third kappa shape index (κ3) is 62.3. The van der Waals surface area contributed by atoms with Crippen LogP contribution in [0.3, 0.4) is 0 Å². The summed E-state index contributed by atoms with van der Waals surface area (Å²) in [6, 6.07) is 0. The van der Waals surface area contributed by atoms with Crippen LogP contribution in [0.5, 0.6) is 0 Å². The summed E-state index contributed by atoms with van der Waals surface area (Å²) in [5.41, 5.74) is 0. The Bertz CT molecular complexity index is 636. The van der Waals surface area contributed by atoms with Gasteiger partial charge in [-0.1, -0.05) is 234 Å². The fraction of sp³-hybridized carbons (Fsp3) is 0.962. The number of unbranched alkanes of at least 4 members (excludes halogenated alkanes) is 30. The molecular formula is C52H108O6Ti.